The predicted molar refractivity (Wildman–Crippen MR) is 123 cm³/mol. The Morgan fingerprint density at radius 3 is 2.48 bits per heavy atom. The van der Waals surface area contributed by atoms with E-state index in [1.165, 1.54) is 55.9 Å². The lowest BCUT2D eigenvalue weighted by atomic mass is 9.48. The number of hydrogen-bond donors (Lipinski definition) is 0. The smallest absolute Gasteiger partial charge is 0.266 e. The number of thioether (sulfide) groups is 1. The Hall–Kier alpha value is -1.59. The second kappa shape index (κ2) is 7.28. The zero-order valence-corrected chi connectivity index (χ0v) is 18.5. The van der Waals surface area contributed by atoms with Crippen molar-refractivity contribution >= 4 is 40.3 Å². The molecule has 5 fully saturated rings. The van der Waals surface area contributed by atoms with Gasteiger partial charge in [-0.1, -0.05) is 36.1 Å². The fraction of sp³-hybridized carbons (Fsp3) is 0.500. The number of ether oxygens (including phenoxy) is 1. The summed E-state index contributed by atoms with van der Waals surface area (Å²) in [5, 5.41) is 0. The van der Waals surface area contributed by atoms with Gasteiger partial charge in [0.1, 0.15) is 10.1 Å². The van der Waals surface area contributed by atoms with E-state index in [1.54, 1.807) is 18.1 Å². The first kappa shape index (κ1) is 19.4. The molecule has 0 spiro atoms. The summed E-state index contributed by atoms with van der Waals surface area (Å²) < 4.78 is 6.23. The minimum absolute atomic E-state index is 0.0397. The predicted octanol–water partition coefficient (Wildman–Crippen LogP) is 5.55. The maximum atomic E-state index is 12.8. The third kappa shape index (κ3) is 3.27. The summed E-state index contributed by atoms with van der Waals surface area (Å²) >= 11 is 6.76. The molecule has 0 unspecified atom stereocenters. The number of rotatable bonds is 5. The summed E-state index contributed by atoms with van der Waals surface area (Å²) in [5.74, 6) is 3.49. The van der Waals surface area contributed by atoms with Gasteiger partial charge in [0.2, 0.25) is 0 Å². The number of amides is 1. The summed E-state index contributed by atoms with van der Waals surface area (Å²) in [7, 11) is 1.69. The molecule has 1 aliphatic heterocycles. The molecule has 5 aliphatic rings. The van der Waals surface area contributed by atoms with Crippen LogP contribution in [0.2, 0.25) is 0 Å². The summed E-state index contributed by atoms with van der Waals surface area (Å²) in [6.07, 6.45) is 12.0. The topological polar surface area (TPSA) is 29.5 Å². The van der Waals surface area contributed by atoms with Gasteiger partial charge < -0.3 is 4.74 Å². The molecule has 0 N–H and O–H groups in total. The SMILES string of the molecule is C=CCN1C(=O)/C(=C/c2cc(C34CC5CC(CC(C5)C3)C4)ccc2OC)SC1=S. The Morgan fingerprint density at radius 1 is 1.24 bits per heavy atom. The highest BCUT2D eigenvalue weighted by Crippen LogP contribution is 2.61. The average molecular weight is 426 g/mol. The van der Waals surface area contributed by atoms with Gasteiger partial charge >= 0.3 is 0 Å². The van der Waals surface area contributed by atoms with Crippen molar-refractivity contribution in [1.82, 2.24) is 4.90 Å². The van der Waals surface area contributed by atoms with Crippen LogP contribution >= 0.6 is 24.0 Å². The summed E-state index contributed by atoms with van der Waals surface area (Å²) in [6.45, 7) is 4.18. The lowest BCUT2D eigenvalue weighted by Crippen LogP contribution is -2.48. The van der Waals surface area contributed by atoms with E-state index in [1.807, 2.05) is 6.08 Å². The van der Waals surface area contributed by atoms with Crippen molar-refractivity contribution in [3.05, 3.63) is 46.9 Å². The normalized spacial score (nSPS) is 34.3. The molecule has 152 valence electrons. The molecular weight excluding hydrogens is 398 g/mol. The van der Waals surface area contributed by atoms with Gasteiger partial charge in [-0.2, -0.15) is 0 Å². The van der Waals surface area contributed by atoms with Gasteiger partial charge in [-0.15, -0.1) is 6.58 Å². The van der Waals surface area contributed by atoms with Crippen LogP contribution in [0.4, 0.5) is 0 Å². The molecule has 0 radical (unpaired) electrons. The first-order valence-electron chi connectivity index (χ1n) is 10.6. The number of carbonyl (C=O) groups is 1. The van der Waals surface area contributed by atoms with Crippen LogP contribution in [0, 0.1) is 17.8 Å². The number of thiocarbonyl (C=S) groups is 1. The largest absolute Gasteiger partial charge is 0.496 e. The molecule has 3 nitrogen and oxygen atoms in total. The summed E-state index contributed by atoms with van der Waals surface area (Å²) in [5.41, 5.74) is 2.75. The van der Waals surface area contributed by atoms with Crippen molar-refractivity contribution < 1.29 is 9.53 Å². The van der Waals surface area contributed by atoms with Crippen LogP contribution in [-0.2, 0) is 10.2 Å². The van der Waals surface area contributed by atoms with Crippen LogP contribution in [0.5, 0.6) is 5.75 Å². The summed E-state index contributed by atoms with van der Waals surface area (Å²) in [6, 6.07) is 6.64. The lowest BCUT2D eigenvalue weighted by Gasteiger charge is -2.57. The van der Waals surface area contributed by atoms with Crippen LogP contribution < -0.4 is 4.74 Å². The second-order valence-corrected chi connectivity index (χ2v) is 10.9. The van der Waals surface area contributed by atoms with Crippen molar-refractivity contribution in [3.63, 3.8) is 0 Å². The quantitative estimate of drug-likeness (QED) is 0.351. The van der Waals surface area contributed by atoms with Gasteiger partial charge in [0, 0.05) is 12.1 Å². The van der Waals surface area contributed by atoms with Gasteiger partial charge in [0.15, 0.2) is 0 Å². The zero-order valence-electron chi connectivity index (χ0n) is 16.9. The fourth-order valence-electron chi connectivity index (χ4n) is 6.57. The molecule has 4 saturated carbocycles. The molecular formula is C24H27NO2S2. The molecule has 0 atom stereocenters. The molecule has 29 heavy (non-hydrogen) atoms. The van der Waals surface area contributed by atoms with E-state index in [0.717, 1.165) is 29.1 Å². The van der Waals surface area contributed by atoms with E-state index in [4.69, 9.17) is 17.0 Å². The van der Waals surface area contributed by atoms with Crippen LogP contribution in [0.3, 0.4) is 0 Å². The number of methoxy groups -OCH3 is 1. The molecule has 1 saturated heterocycles. The van der Waals surface area contributed by atoms with Gasteiger partial charge in [-0.3, -0.25) is 9.69 Å². The standard InChI is InChI=1S/C24H27NO2S2/c1-3-6-25-22(26)21(29-23(25)28)11-18-10-19(4-5-20(18)27-2)24-12-15-7-16(13-24)9-17(8-15)14-24/h3-5,10-11,15-17H,1,6-9,12-14H2,2H3/b21-11-. The Balaban J connectivity index is 1.51. The zero-order chi connectivity index (χ0) is 20.2. The van der Waals surface area contributed by atoms with Crippen molar-refractivity contribution in [2.45, 2.75) is 43.9 Å². The molecule has 1 amide bonds. The van der Waals surface area contributed by atoms with E-state index in [2.05, 4.69) is 24.8 Å². The first-order chi connectivity index (χ1) is 14.0. The minimum atomic E-state index is -0.0397. The molecule has 1 aromatic carbocycles. The Morgan fingerprint density at radius 2 is 1.90 bits per heavy atom. The highest BCUT2D eigenvalue weighted by atomic mass is 32.2. The van der Waals surface area contributed by atoms with Gasteiger partial charge in [-0.05, 0) is 85.5 Å². The fourth-order valence-corrected chi connectivity index (χ4v) is 7.83. The average Bonchev–Trinajstić information content (AvgIpc) is 2.95. The Kier molecular flexibility index (Phi) is 4.86. The molecule has 1 heterocycles. The van der Waals surface area contributed by atoms with Gasteiger partial charge in [0.25, 0.3) is 5.91 Å². The molecule has 4 bridgehead atoms. The molecule has 6 rings (SSSR count). The van der Waals surface area contributed by atoms with Crippen LogP contribution in [-0.4, -0.2) is 28.8 Å². The Bertz CT molecular complexity index is 884. The number of hydrogen-bond acceptors (Lipinski definition) is 4. The van der Waals surface area contributed by atoms with E-state index in [9.17, 15) is 4.79 Å². The number of nitrogens with zero attached hydrogens (tertiary/aromatic N) is 1. The first-order valence-corrected chi connectivity index (χ1v) is 11.8. The minimum Gasteiger partial charge on any atom is -0.496 e. The highest BCUT2D eigenvalue weighted by molar-refractivity contribution is 8.26. The highest BCUT2D eigenvalue weighted by Gasteiger charge is 2.51. The van der Waals surface area contributed by atoms with Crippen LogP contribution in [0.15, 0.2) is 35.8 Å². The second-order valence-electron chi connectivity index (χ2n) is 9.24. The number of benzene rings is 1. The van der Waals surface area contributed by atoms with Gasteiger partial charge in [0.05, 0.1) is 12.0 Å². The van der Waals surface area contributed by atoms with Crippen molar-refractivity contribution in [2.75, 3.05) is 13.7 Å². The van der Waals surface area contributed by atoms with Crippen LogP contribution in [0.25, 0.3) is 6.08 Å². The summed E-state index contributed by atoms with van der Waals surface area (Å²) in [4.78, 5) is 15.0. The van der Waals surface area contributed by atoms with Gasteiger partial charge in [-0.25, -0.2) is 0 Å². The van der Waals surface area contributed by atoms with E-state index < -0.39 is 0 Å². The maximum absolute atomic E-state index is 12.8. The van der Waals surface area contributed by atoms with Crippen LogP contribution in [0.1, 0.15) is 49.7 Å². The molecule has 4 aliphatic carbocycles. The third-order valence-electron chi connectivity index (χ3n) is 7.35. The van der Waals surface area contributed by atoms with E-state index in [-0.39, 0.29) is 5.91 Å². The maximum Gasteiger partial charge on any atom is 0.266 e. The number of carbonyl (C=O) groups excluding carboxylic acids is 1. The monoisotopic (exact) mass is 425 g/mol. The molecule has 0 aromatic heterocycles. The Labute approximate surface area is 182 Å². The molecule has 5 heteroatoms. The lowest BCUT2D eigenvalue weighted by molar-refractivity contribution is -0.121. The van der Waals surface area contributed by atoms with E-state index in [0.29, 0.717) is 21.2 Å². The third-order valence-corrected chi connectivity index (χ3v) is 8.73. The van der Waals surface area contributed by atoms with Crippen molar-refractivity contribution in [2.24, 2.45) is 17.8 Å². The molecule has 1 aromatic rings. The van der Waals surface area contributed by atoms with Crippen molar-refractivity contribution in [1.29, 1.82) is 0 Å². The van der Waals surface area contributed by atoms with Crippen molar-refractivity contribution in [3.8, 4) is 5.75 Å². The van der Waals surface area contributed by atoms with E-state index >= 15 is 0 Å².